The van der Waals surface area contributed by atoms with E-state index in [0.29, 0.717) is 80.0 Å². The molecular formula is C67H76ClN11O11S. The molecule has 4 N–H and O–H groups in total. The smallest absolute Gasteiger partial charge is 0.293 e. The Hall–Kier alpha value is -8.38. The highest BCUT2D eigenvalue weighted by molar-refractivity contribution is 7.90. The van der Waals surface area contributed by atoms with Crippen molar-refractivity contribution in [2.24, 2.45) is 11.3 Å². The zero-order valence-electron chi connectivity index (χ0n) is 51.2. The Morgan fingerprint density at radius 3 is 2.44 bits per heavy atom. The van der Waals surface area contributed by atoms with Crippen LogP contribution in [0.15, 0.2) is 114 Å². The molecule has 0 radical (unpaired) electrons. The van der Waals surface area contributed by atoms with E-state index >= 15 is 0 Å². The average molecular weight is 1280 g/mol. The van der Waals surface area contributed by atoms with Gasteiger partial charge in [-0.15, -0.1) is 0 Å². The molecule has 4 aromatic carbocycles. The van der Waals surface area contributed by atoms with E-state index < -0.39 is 43.4 Å². The van der Waals surface area contributed by atoms with Gasteiger partial charge in [-0.25, -0.2) is 18.1 Å². The number of piperazine rings is 2. The lowest BCUT2D eigenvalue weighted by molar-refractivity contribution is -0.384. The molecular weight excluding hydrogens is 1200 g/mol. The van der Waals surface area contributed by atoms with Crippen molar-refractivity contribution in [3.8, 4) is 17.2 Å². The van der Waals surface area contributed by atoms with Crippen molar-refractivity contribution in [2.75, 3.05) is 82.3 Å². The van der Waals surface area contributed by atoms with Crippen LogP contribution in [0.25, 0.3) is 16.6 Å². The Bertz CT molecular complexity index is 3930. The first-order valence-corrected chi connectivity index (χ1v) is 33.4. The number of benzene rings is 4. The van der Waals surface area contributed by atoms with Crippen LogP contribution in [0, 0.1) is 21.4 Å². The number of rotatable bonds is 21. The number of nitro benzene ring substituents is 1. The van der Waals surface area contributed by atoms with Gasteiger partial charge in [-0.05, 0) is 147 Å². The van der Waals surface area contributed by atoms with E-state index in [4.69, 9.17) is 21.1 Å². The Morgan fingerprint density at radius 1 is 0.868 bits per heavy atom. The molecule has 5 amide bonds. The summed E-state index contributed by atoms with van der Waals surface area (Å²) in [5.41, 5.74) is 6.55. The molecule has 0 spiro atoms. The van der Waals surface area contributed by atoms with Gasteiger partial charge < -0.3 is 34.5 Å². The van der Waals surface area contributed by atoms with Gasteiger partial charge in [0.1, 0.15) is 34.6 Å². The standard InChI is InChI=1S/C67H76ClN11O11S/c1-67(2)24-22-46(54(37-67)44-10-12-47(68)13-11-44)40-74-27-29-75(30-28-74)49-16-18-53(60(35-49)90-50-34-45-23-25-69-63(45)71-39-50)64(82)73-91(87,88)51-17-19-56(58(36-51)79(85)86)70-38-43-8-14-48(15-9-43)77-32-31-76(62(81)42-77)26-3-4-33-89-59-7-5-6-52-55(59)41-78(66(52)84)57-20-21-61(80)72-65(57)83/h5-7,10-13,16-19,23,25,34-36,39,43,48,57,70H,3-4,8-9,14-15,20-22,24,26-33,37-38,40-42H2,1-2H3,(H,69,71)(H,73,82)(H,72,80,83). The Morgan fingerprint density at radius 2 is 1.67 bits per heavy atom. The molecule has 6 aromatic rings. The number of fused-ring (bicyclic) bond motifs is 2. The maximum absolute atomic E-state index is 14.2. The fourth-order valence-corrected chi connectivity index (χ4v) is 14.8. The molecule has 22 nitrogen and oxygen atoms in total. The number of amides is 5. The summed E-state index contributed by atoms with van der Waals surface area (Å²) in [6, 6.07) is 25.2. The van der Waals surface area contributed by atoms with E-state index in [0.717, 1.165) is 100 Å². The van der Waals surface area contributed by atoms with Gasteiger partial charge in [0.05, 0.1) is 41.3 Å². The zero-order valence-corrected chi connectivity index (χ0v) is 52.8. The number of carbonyl (C=O) groups excluding carboxylic acids is 5. The summed E-state index contributed by atoms with van der Waals surface area (Å²) in [7, 11) is -4.65. The molecule has 3 saturated heterocycles. The number of H-pyrrole nitrogens is 1. The SMILES string of the molecule is CC1(C)CCC(CN2CCN(c3ccc(C(=O)NS(=O)(=O)c4ccc(NCC5CCC(N6CCN(CCCCOc7cccc8c7CN(C7CCC(=O)NC7=O)C8=O)C(=O)C6)CC5)c([N+](=O)[O-])c4)c(Oc4cnc5[nH]ccc5c4)c3)CC2)=C(c2ccc(Cl)cc2)C1. The highest BCUT2D eigenvalue weighted by Crippen LogP contribution is 2.44. The van der Waals surface area contributed by atoms with E-state index in [-0.39, 0.29) is 71.5 Å². The molecule has 4 aliphatic heterocycles. The Labute approximate surface area is 533 Å². The number of imide groups is 1. The van der Waals surface area contributed by atoms with Crippen LogP contribution in [-0.2, 0) is 31.0 Å². The summed E-state index contributed by atoms with van der Waals surface area (Å²) in [5.74, 6) is -0.760. The van der Waals surface area contributed by atoms with E-state index in [9.17, 15) is 42.5 Å². The number of nitro groups is 1. The summed E-state index contributed by atoms with van der Waals surface area (Å²) in [4.78, 5) is 94.4. The van der Waals surface area contributed by atoms with Crippen molar-refractivity contribution in [3.63, 3.8) is 0 Å². The number of nitrogens with zero attached hydrogens (tertiary/aromatic N) is 7. The Balaban J connectivity index is 0.618. The highest BCUT2D eigenvalue weighted by Gasteiger charge is 2.41. The van der Waals surface area contributed by atoms with Crippen molar-refractivity contribution in [3.05, 3.63) is 146 Å². The van der Waals surface area contributed by atoms with Crippen molar-refractivity contribution in [1.82, 2.24) is 39.6 Å². The number of nitrogens with one attached hydrogen (secondary N) is 4. The molecule has 0 bridgehead atoms. The molecule has 1 saturated carbocycles. The van der Waals surface area contributed by atoms with Crippen LogP contribution in [0.3, 0.4) is 0 Å². The van der Waals surface area contributed by atoms with Crippen LogP contribution in [0.4, 0.5) is 17.1 Å². The van der Waals surface area contributed by atoms with Crippen LogP contribution in [0.5, 0.6) is 17.2 Å². The second kappa shape index (κ2) is 26.8. The number of unbranched alkanes of at least 4 members (excludes halogenated alkanes) is 1. The number of piperidine rings is 1. The number of anilines is 2. The van der Waals surface area contributed by atoms with E-state index in [1.165, 1.54) is 46.0 Å². The number of sulfonamides is 1. The lowest BCUT2D eigenvalue weighted by Gasteiger charge is -2.41. The summed E-state index contributed by atoms with van der Waals surface area (Å²) < 4.78 is 42.7. The van der Waals surface area contributed by atoms with Crippen LogP contribution in [0.1, 0.15) is 116 Å². The lowest BCUT2D eigenvalue weighted by Crippen LogP contribution is -2.54. The third-order valence-corrected chi connectivity index (χ3v) is 20.5. The monoisotopic (exact) mass is 1280 g/mol. The first kappa shape index (κ1) is 62.8. The summed E-state index contributed by atoms with van der Waals surface area (Å²) in [5, 5.41) is 19.6. The third kappa shape index (κ3) is 14.4. The predicted molar refractivity (Wildman–Crippen MR) is 345 cm³/mol. The van der Waals surface area contributed by atoms with Crippen LogP contribution >= 0.6 is 11.6 Å². The van der Waals surface area contributed by atoms with Crippen LogP contribution < -0.4 is 29.7 Å². The van der Waals surface area contributed by atoms with Gasteiger partial charge in [0.15, 0.2) is 0 Å². The number of hydrogen-bond acceptors (Lipinski definition) is 16. The summed E-state index contributed by atoms with van der Waals surface area (Å²) in [6.45, 7) is 11.8. The number of halogens is 1. The number of aromatic nitrogens is 2. The molecule has 2 aromatic heterocycles. The first-order chi connectivity index (χ1) is 43.8. The number of pyridine rings is 1. The lowest BCUT2D eigenvalue weighted by atomic mass is 9.72. The molecule has 12 rings (SSSR count). The normalized spacial score (nSPS) is 20.8. The summed E-state index contributed by atoms with van der Waals surface area (Å²) in [6.07, 6.45) is 11.7. The summed E-state index contributed by atoms with van der Waals surface area (Å²) >= 11 is 6.28. The number of allylic oxidation sites excluding steroid dienone is 1. The maximum Gasteiger partial charge on any atom is 0.293 e. The first-order valence-electron chi connectivity index (χ1n) is 31.5. The van der Waals surface area contributed by atoms with Crippen molar-refractivity contribution in [1.29, 1.82) is 0 Å². The predicted octanol–water partition coefficient (Wildman–Crippen LogP) is 9.56. The average Bonchev–Trinajstić information content (AvgIpc) is 1.79. The largest absolute Gasteiger partial charge is 0.493 e. The minimum Gasteiger partial charge on any atom is -0.493 e. The number of hydrogen-bond donors (Lipinski definition) is 4. The van der Waals surface area contributed by atoms with Gasteiger partial charge in [0.25, 0.3) is 27.5 Å². The van der Waals surface area contributed by atoms with Gasteiger partial charge in [0, 0.05) is 117 Å². The van der Waals surface area contributed by atoms with Gasteiger partial charge in [-0.3, -0.25) is 49.2 Å². The third-order valence-electron chi connectivity index (χ3n) is 18.9. The fraction of sp³-hybridized carbons (Fsp3) is 0.433. The molecule has 91 heavy (non-hydrogen) atoms. The highest BCUT2D eigenvalue weighted by atomic mass is 35.5. The van der Waals surface area contributed by atoms with Gasteiger partial charge >= 0.3 is 0 Å². The second-order valence-electron chi connectivity index (χ2n) is 25.6. The minimum atomic E-state index is -4.65. The maximum atomic E-state index is 14.2. The molecule has 24 heteroatoms. The van der Waals surface area contributed by atoms with E-state index in [2.05, 4.69) is 66.0 Å². The van der Waals surface area contributed by atoms with Gasteiger partial charge in [-0.2, -0.15) is 0 Å². The molecule has 1 atom stereocenters. The quantitative estimate of drug-likeness (QED) is 0.0226. The molecule has 478 valence electrons. The van der Waals surface area contributed by atoms with Gasteiger partial charge in [-0.1, -0.05) is 49.2 Å². The van der Waals surface area contributed by atoms with E-state index in [1.807, 2.05) is 29.2 Å². The molecule has 6 aliphatic rings. The number of ether oxygens (including phenoxy) is 2. The van der Waals surface area contributed by atoms with Crippen molar-refractivity contribution < 1.29 is 46.8 Å². The topological polar surface area (TPSA) is 262 Å². The van der Waals surface area contributed by atoms with Crippen molar-refractivity contribution >= 4 is 84.8 Å². The zero-order chi connectivity index (χ0) is 63.6. The minimum absolute atomic E-state index is 0.0635. The number of carbonyl (C=O) groups is 5. The van der Waals surface area contributed by atoms with E-state index in [1.54, 1.807) is 36.5 Å². The second-order valence-corrected chi connectivity index (χ2v) is 27.7. The molecule has 4 fully saturated rings. The fourth-order valence-electron chi connectivity index (χ4n) is 13.7. The van der Waals surface area contributed by atoms with Crippen LogP contribution in [-0.4, -0.2) is 157 Å². The van der Waals surface area contributed by atoms with Crippen molar-refractivity contribution in [2.45, 2.75) is 108 Å². The van der Waals surface area contributed by atoms with Gasteiger partial charge in [0.2, 0.25) is 17.7 Å². The molecule has 2 aliphatic carbocycles. The number of aromatic amines is 1. The molecule has 1 unspecified atom stereocenters. The Kier molecular flexibility index (Phi) is 18.5. The molecule has 6 heterocycles. The van der Waals surface area contributed by atoms with Crippen LogP contribution in [0.2, 0.25) is 5.02 Å².